The average Bonchev–Trinajstić information content (AvgIpc) is 3.49. The van der Waals surface area contributed by atoms with E-state index in [1.807, 2.05) is 79.7 Å². The molecule has 5 nitrogen and oxygen atoms in total. The fourth-order valence-corrected chi connectivity index (χ4v) is 6.51. The minimum absolute atomic E-state index is 0.0490. The zero-order valence-corrected chi connectivity index (χ0v) is 22.9. The van der Waals surface area contributed by atoms with E-state index in [9.17, 15) is 9.59 Å². The molecule has 1 saturated carbocycles. The van der Waals surface area contributed by atoms with Gasteiger partial charge in [0, 0.05) is 34.9 Å². The third kappa shape index (κ3) is 5.38. The van der Waals surface area contributed by atoms with Gasteiger partial charge in [0.1, 0.15) is 24.4 Å². The van der Waals surface area contributed by atoms with Gasteiger partial charge >= 0.3 is 5.97 Å². The number of carbonyl (C=O) groups is 2. The Morgan fingerprint density at radius 1 is 0.875 bits per heavy atom. The van der Waals surface area contributed by atoms with Crippen LogP contribution in [0.25, 0.3) is 0 Å². The SMILES string of the molecule is CC1=NC2=C(C(=O)C[C@@H](c3ccccc3)C2)[C@@H](c2ccccc2OCc2ccccc2)C1C(=O)OC1CCCC1. The summed E-state index contributed by atoms with van der Waals surface area (Å²) in [6.45, 7) is 2.30. The summed E-state index contributed by atoms with van der Waals surface area (Å²) >= 11 is 0. The molecule has 3 aromatic carbocycles. The number of ether oxygens (including phenoxy) is 2. The van der Waals surface area contributed by atoms with Crippen LogP contribution in [-0.2, 0) is 20.9 Å². The molecule has 3 aliphatic rings. The second kappa shape index (κ2) is 11.6. The quantitative estimate of drug-likeness (QED) is 0.298. The summed E-state index contributed by atoms with van der Waals surface area (Å²) in [6, 6.07) is 28.0. The monoisotopic (exact) mass is 533 g/mol. The number of hydrogen-bond donors (Lipinski definition) is 0. The van der Waals surface area contributed by atoms with E-state index in [4.69, 9.17) is 14.5 Å². The number of rotatable bonds is 7. The van der Waals surface area contributed by atoms with Crippen molar-refractivity contribution in [2.75, 3.05) is 0 Å². The molecule has 1 fully saturated rings. The first kappa shape index (κ1) is 26.2. The van der Waals surface area contributed by atoms with Crippen LogP contribution >= 0.6 is 0 Å². The minimum atomic E-state index is -0.668. The molecule has 2 aliphatic carbocycles. The van der Waals surface area contributed by atoms with Gasteiger partial charge in [-0.2, -0.15) is 0 Å². The number of ketones is 1. The molecule has 0 bridgehead atoms. The van der Waals surface area contributed by atoms with Crippen molar-refractivity contribution < 1.29 is 19.1 Å². The molecule has 1 unspecified atom stereocenters. The fraction of sp³-hybridized carbons (Fsp3) is 0.343. The molecule has 0 aromatic heterocycles. The number of benzene rings is 3. The maximum absolute atomic E-state index is 14.0. The van der Waals surface area contributed by atoms with Gasteiger partial charge in [0.25, 0.3) is 0 Å². The molecule has 40 heavy (non-hydrogen) atoms. The van der Waals surface area contributed by atoms with Gasteiger partial charge in [-0.25, -0.2) is 0 Å². The Bertz CT molecular complexity index is 1440. The van der Waals surface area contributed by atoms with Crippen molar-refractivity contribution in [2.45, 2.75) is 70.0 Å². The Hall–Kier alpha value is -3.99. The van der Waals surface area contributed by atoms with E-state index in [1.165, 1.54) is 0 Å². The minimum Gasteiger partial charge on any atom is -0.489 e. The highest BCUT2D eigenvalue weighted by atomic mass is 16.5. The molecule has 204 valence electrons. The Morgan fingerprint density at radius 3 is 2.30 bits per heavy atom. The van der Waals surface area contributed by atoms with Crippen LogP contribution in [0.1, 0.15) is 74.0 Å². The molecule has 0 N–H and O–H groups in total. The summed E-state index contributed by atoms with van der Waals surface area (Å²) in [5.74, 6) is -0.671. The first-order valence-corrected chi connectivity index (χ1v) is 14.4. The van der Waals surface area contributed by atoms with Crippen LogP contribution in [0.5, 0.6) is 5.75 Å². The summed E-state index contributed by atoms with van der Waals surface area (Å²) in [5, 5.41) is 0. The van der Waals surface area contributed by atoms with Crippen LogP contribution < -0.4 is 4.74 Å². The summed E-state index contributed by atoms with van der Waals surface area (Å²) in [6.07, 6.45) is 4.92. The zero-order valence-electron chi connectivity index (χ0n) is 22.9. The third-order valence-corrected chi connectivity index (χ3v) is 8.49. The molecular formula is C35H35NO4. The second-order valence-corrected chi connectivity index (χ2v) is 11.2. The number of esters is 1. The maximum atomic E-state index is 14.0. The molecule has 5 heteroatoms. The normalized spacial score (nSPS) is 23.0. The van der Waals surface area contributed by atoms with E-state index < -0.39 is 11.8 Å². The number of nitrogens with zero attached hydrogens (tertiary/aromatic N) is 1. The molecule has 0 amide bonds. The predicted molar refractivity (Wildman–Crippen MR) is 155 cm³/mol. The van der Waals surface area contributed by atoms with Crippen LogP contribution in [0.15, 0.2) is 101 Å². The molecule has 0 radical (unpaired) electrons. The van der Waals surface area contributed by atoms with E-state index in [0.29, 0.717) is 36.5 Å². The lowest BCUT2D eigenvalue weighted by Crippen LogP contribution is -2.39. The van der Waals surface area contributed by atoms with Crippen molar-refractivity contribution in [3.05, 3.63) is 113 Å². The lowest BCUT2D eigenvalue weighted by molar-refractivity contribution is -0.151. The van der Waals surface area contributed by atoms with Crippen molar-refractivity contribution in [1.29, 1.82) is 0 Å². The van der Waals surface area contributed by atoms with Gasteiger partial charge in [0.05, 0.1) is 0 Å². The van der Waals surface area contributed by atoms with E-state index in [0.717, 1.165) is 48.1 Å². The molecule has 3 aromatic rings. The van der Waals surface area contributed by atoms with E-state index >= 15 is 0 Å². The van der Waals surface area contributed by atoms with Crippen LogP contribution in [0, 0.1) is 5.92 Å². The maximum Gasteiger partial charge on any atom is 0.315 e. The van der Waals surface area contributed by atoms with Crippen molar-refractivity contribution in [3.8, 4) is 5.75 Å². The van der Waals surface area contributed by atoms with Gasteiger partial charge in [-0.1, -0.05) is 78.9 Å². The molecular weight excluding hydrogens is 498 g/mol. The Labute approximate surface area is 235 Å². The van der Waals surface area contributed by atoms with Gasteiger partial charge in [-0.3, -0.25) is 14.6 Å². The Kier molecular flexibility index (Phi) is 7.63. The number of hydrogen-bond acceptors (Lipinski definition) is 5. The first-order chi connectivity index (χ1) is 19.6. The van der Waals surface area contributed by atoms with Gasteiger partial charge in [0.2, 0.25) is 0 Å². The van der Waals surface area contributed by atoms with Crippen molar-refractivity contribution in [3.63, 3.8) is 0 Å². The Balaban J connectivity index is 1.39. The van der Waals surface area contributed by atoms with E-state index in [1.54, 1.807) is 0 Å². The van der Waals surface area contributed by atoms with Crippen molar-refractivity contribution in [1.82, 2.24) is 0 Å². The fourth-order valence-electron chi connectivity index (χ4n) is 6.51. The van der Waals surface area contributed by atoms with Crippen LogP contribution in [-0.4, -0.2) is 23.6 Å². The van der Waals surface area contributed by atoms with Crippen LogP contribution in [0.2, 0.25) is 0 Å². The first-order valence-electron chi connectivity index (χ1n) is 14.4. The van der Waals surface area contributed by atoms with E-state index in [-0.39, 0.29) is 23.8 Å². The molecule has 1 heterocycles. The zero-order chi connectivity index (χ0) is 27.5. The molecule has 1 aliphatic heterocycles. The molecule has 3 atom stereocenters. The topological polar surface area (TPSA) is 65.0 Å². The van der Waals surface area contributed by atoms with Crippen molar-refractivity contribution >= 4 is 17.5 Å². The smallest absolute Gasteiger partial charge is 0.315 e. The average molecular weight is 534 g/mol. The predicted octanol–water partition coefficient (Wildman–Crippen LogP) is 7.33. The highest BCUT2D eigenvalue weighted by molar-refractivity contribution is 6.09. The van der Waals surface area contributed by atoms with E-state index in [2.05, 4.69) is 12.1 Å². The number of para-hydroxylation sites is 1. The van der Waals surface area contributed by atoms with Gasteiger partial charge in [-0.15, -0.1) is 0 Å². The van der Waals surface area contributed by atoms with Crippen LogP contribution in [0.3, 0.4) is 0 Å². The van der Waals surface area contributed by atoms with Crippen LogP contribution in [0.4, 0.5) is 0 Å². The standard InChI is InChI=1S/C35H35NO4/c1-23-32(35(38)40-27-16-8-9-17-27)33(28-18-10-11-19-31(28)39-22-24-12-4-2-5-13-24)34-29(36-23)20-26(21-30(34)37)25-14-6-3-7-15-25/h2-7,10-15,18-19,26-27,32-33H,8-9,16-17,20-22H2,1H3/t26-,32?,33-/m0/s1. The van der Waals surface area contributed by atoms with Gasteiger partial charge < -0.3 is 9.47 Å². The summed E-state index contributed by atoms with van der Waals surface area (Å²) in [5.41, 5.74) is 5.15. The largest absolute Gasteiger partial charge is 0.489 e. The highest BCUT2D eigenvalue weighted by Gasteiger charge is 2.46. The molecule has 0 saturated heterocycles. The lowest BCUT2D eigenvalue weighted by atomic mass is 9.69. The van der Waals surface area contributed by atoms with Gasteiger partial charge in [-0.05, 0) is 62.1 Å². The highest BCUT2D eigenvalue weighted by Crippen LogP contribution is 2.49. The number of allylic oxidation sites excluding steroid dienone is 2. The molecule has 0 spiro atoms. The number of carbonyl (C=O) groups excluding carboxylic acids is 2. The number of Topliss-reactive ketones (excluding diaryl/α,β-unsaturated/α-hetero) is 1. The summed E-state index contributed by atoms with van der Waals surface area (Å²) in [7, 11) is 0. The lowest BCUT2D eigenvalue weighted by Gasteiger charge is -2.37. The summed E-state index contributed by atoms with van der Waals surface area (Å²) in [4.78, 5) is 32.8. The summed E-state index contributed by atoms with van der Waals surface area (Å²) < 4.78 is 12.4. The second-order valence-electron chi connectivity index (χ2n) is 11.2. The van der Waals surface area contributed by atoms with Gasteiger partial charge in [0.15, 0.2) is 5.78 Å². The molecule has 6 rings (SSSR count). The third-order valence-electron chi connectivity index (χ3n) is 8.49. The van der Waals surface area contributed by atoms with Crippen molar-refractivity contribution in [2.24, 2.45) is 10.9 Å². The number of aliphatic imine (C=N–C) groups is 1. The Morgan fingerprint density at radius 2 is 1.55 bits per heavy atom.